The van der Waals surface area contributed by atoms with Gasteiger partial charge in [-0.25, -0.2) is 9.97 Å². The van der Waals surface area contributed by atoms with Gasteiger partial charge in [0, 0.05) is 62.8 Å². The van der Waals surface area contributed by atoms with Crippen molar-refractivity contribution in [3.63, 3.8) is 0 Å². The molecule has 0 radical (unpaired) electrons. The van der Waals surface area contributed by atoms with Crippen molar-refractivity contribution in [2.45, 2.75) is 133 Å². The molecule has 2 aliphatic rings. The number of fused-ring (bicyclic) bond motifs is 8. The van der Waals surface area contributed by atoms with E-state index in [2.05, 4.69) is 30.7 Å². The normalized spacial score (nSPS) is 14.4. The van der Waals surface area contributed by atoms with E-state index in [-0.39, 0.29) is 19.3 Å². The fourth-order valence-corrected chi connectivity index (χ4v) is 8.52. The van der Waals surface area contributed by atoms with Gasteiger partial charge in [-0.2, -0.15) is 0 Å². The number of H-pyrrole nitrogens is 2. The number of carboxylic acids is 2. The average molecular weight is 711 g/mol. The summed E-state index contributed by atoms with van der Waals surface area (Å²) in [5, 5.41) is 42.2. The largest absolute Gasteiger partial charge is 0.481 e. The molecule has 10 nitrogen and oxygen atoms in total. The van der Waals surface area contributed by atoms with E-state index in [1.807, 2.05) is 34.6 Å². The number of carbonyl (C=O) groups is 2. The molecule has 0 spiro atoms. The Morgan fingerprint density at radius 1 is 0.577 bits per heavy atom. The predicted molar refractivity (Wildman–Crippen MR) is 208 cm³/mol. The van der Waals surface area contributed by atoms with Crippen molar-refractivity contribution in [2.24, 2.45) is 0 Å². The van der Waals surface area contributed by atoms with Gasteiger partial charge in [-0.05, 0) is 113 Å². The maximum Gasteiger partial charge on any atom is 0.303 e. The lowest BCUT2D eigenvalue weighted by atomic mass is 9.93. The van der Waals surface area contributed by atoms with E-state index < -0.39 is 24.1 Å². The molecule has 0 aliphatic carbocycles. The molecule has 5 heterocycles. The van der Waals surface area contributed by atoms with E-state index in [0.29, 0.717) is 43.5 Å². The number of nitrogens with zero attached hydrogens (tertiary/aromatic N) is 2. The van der Waals surface area contributed by atoms with Gasteiger partial charge in [-0.1, -0.05) is 27.7 Å². The summed E-state index contributed by atoms with van der Waals surface area (Å²) >= 11 is 0. The zero-order chi connectivity index (χ0) is 38.3. The Morgan fingerprint density at radius 3 is 1.58 bits per heavy atom. The Kier molecular flexibility index (Phi) is 11.3. The van der Waals surface area contributed by atoms with Gasteiger partial charge in [-0.3, -0.25) is 9.59 Å². The standard InChI is InChI=1S/C42H54N4O6/c1-11-25-35-19(5)29(15-17-31(49)50)39(43-35)28(14-4)40-30(16-18-32(51)52)20(6)36(44-40)26(12-2)41-34(24(10)48)22(8)38(46-41)27(13-3)42-33(23(9)47)21(7)37(25)45-42/h23-24,44-45,47-48H,11-18H2,1-10H3,(H,49,50)(H,51,52). The molecule has 6 N–H and O–H groups in total. The first-order valence-electron chi connectivity index (χ1n) is 18.7. The highest BCUT2D eigenvalue weighted by atomic mass is 16.4. The lowest BCUT2D eigenvalue weighted by molar-refractivity contribution is -0.137. The third-order valence-corrected chi connectivity index (χ3v) is 11.0. The first-order chi connectivity index (χ1) is 24.6. The zero-order valence-electron chi connectivity index (χ0n) is 32.3. The summed E-state index contributed by atoms with van der Waals surface area (Å²) in [4.78, 5) is 42.1. The van der Waals surface area contributed by atoms with E-state index in [1.54, 1.807) is 13.8 Å². The van der Waals surface area contributed by atoms with Crippen LogP contribution in [0.1, 0.15) is 148 Å². The number of aliphatic hydroxyl groups is 2. The fraction of sp³-hybridized carbons (Fsp3) is 0.476. The van der Waals surface area contributed by atoms with Crippen molar-refractivity contribution < 1.29 is 30.0 Å². The van der Waals surface area contributed by atoms with Crippen molar-refractivity contribution in [1.82, 2.24) is 19.9 Å². The number of aryl methyl sites for hydroxylation is 7. The van der Waals surface area contributed by atoms with E-state index in [0.717, 1.165) is 100 Å². The molecular weight excluding hydrogens is 656 g/mol. The van der Waals surface area contributed by atoms with Gasteiger partial charge >= 0.3 is 11.9 Å². The van der Waals surface area contributed by atoms with Crippen molar-refractivity contribution in [3.05, 3.63) is 67.3 Å². The summed E-state index contributed by atoms with van der Waals surface area (Å²) in [6.07, 6.45) is 1.21. The van der Waals surface area contributed by atoms with Crippen LogP contribution in [0.5, 0.6) is 0 Å². The van der Waals surface area contributed by atoms with Gasteiger partial charge in [0.15, 0.2) is 0 Å². The Morgan fingerprint density at radius 2 is 1.04 bits per heavy atom. The molecule has 2 aliphatic heterocycles. The second kappa shape index (κ2) is 15.2. The molecule has 278 valence electrons. The molecule has 2 atom stereocenters. The highest BCUT2D eigenvalue weighted by molar-refractivity contribution is 5.99. The van der Waals surface area contributed by atoms with Crippen molar-refractivity contribution >= 4 is 56.3 Å². The molecule has 3 aromatic heterocycles. The maximum absolute atomic E-state index is 12.0. The molecular formula is C42H54N4O6. The number of hydrogen-bond acceptors (Lipinski definition) is 6. The Labute approximate surface area is 305 Å². The number of aliphatic hydroxyl groups excluding tert-OH is 2. The Balaban J connectivity index is 2.20. The first kappa shape index (κ1) is 38.7. The summed E-state index contributed by atoms with van der Waals surface area (Å²) in [6, 6.07) is 0. The molecule has 0 saturated carbocycles. The number of aromatic amines is 2. The fourth-order valence-electron chi connectivity index (χ4n) is 8.52. The van der Waals surface area contributed by atoms with Crippen molar-refractivity contribution in [2.75, 3.05) is 0 Å². The second-order valence-electron chi connectivity index (χ2n) is 14.1. The van der Waals surface area contributed by atoms with Gasteiger partial charge in [0.1, 0.15) is 0 Å². The number of aliphatic carboxylic acids is 2. The van der Waals surface area contributed by atoms with Gasteiger partial charge < -0.3 is 30.4 Å². The summed E-state index contributed by atoms with van der Waals surface area (Å²) in [5.74, 6) is -1.79. The first-order valence-corrected chi connectivity index (χ1v) is 18.7. The smallest absolute Gasteiger partial charge is 0.303 e. The molecule has 2 unspecified atom stereocenters. The van der Waals surface area contributed by atoms with Crippen molar-refractivity contribution in [1.29, 1.82) is 0 Å². The third kappa shape index (κ3) is 6.51. The maximum atomic E-state index is 12.0. The summed E-state index contributed by atoms with van der Waals surface area (Å²) < 4.78 is 0. The summed E-state index contributed by atoms with van der Waals surface area (Å²) in [6.45, 7) is 19.8. The van der Waals surface area contributed by atoms with Gasteiger partial charge in [-0.15, -0.1) is 0 Å². The minimum absolute atomic E-state index is 0.0621. The minimum Gasteiger partial charge on any atom is -0.481 e. The molecule has 0 aromatic carbocycles. The lowest BCUT2D eigenvalue weighted by Crippen LogP contribution is -2.05. The SMILES string of the molecule is CCc1c2nc(c(CC)c3[nH]c(c(C)c3C(C)O)c(CC)c3nc(c(CC)c4[nH]c1c(C)c4CCC(=O)O)C(CCC(=O)O)=C3C)C(C)=C2C(C)O. The third-order valence-electron chi connectivity index (χ3n) is 11.0. The van der Waals surface area contributed by atoms with Crippen molar-refractivity contribution in [3.8, 4) is 0 Å². The van der Waals surface area contributed by atoms with Crippen LogP contribution in [0, 0.1) is 13.8 Å². The number of hydrogen-bond donors (Lipinski definition) is 6. The number of allylic oxidation sites excluding steroid dienone is 3. The average Bonchev–Trinajstić information content (AvgIpc) is 3.79. The predicted octanol–water partition coefficient (Wildman–Crippen LogP) is 8.36. The van der Waals surface area contributed by atoms with E-state index in [9.17, 15) is 30.0 Å². The minimum atomic E-state index is -0.897. The van der Waals surface area contributed by atoms with Gasteiger partial charge in [0.05, 0.1) is 40.5 Å². The van der Waals surface area contributed by atoms with Crippen LogP contribution in [0.3, 0.4) is 0 Å². The number of aromatic nitrogens is 4. The lowest BCUT2D eigenvalue weighted by Gasteiger charge is -2.12. The van der Waals surface area contributed by atoms with Crippen LogP contribution in [0.25, 0.3) is 44.4 Å². The number of rotatable bonds is 12. The molecule has 52 heavy (non-hydrogen) atoms. The number of carboxylic acid groups (broad SMARTS) is 2. The highest BCUT2D eigenvalue weighted by Crippen LogP contribution is 2.43. The van der Waals surface area contributed by atoms with Crippen LogP contribution >= 0.6 is 0 Å². The summed E-state index contributed by atoms with van der Waals surface area (Å²) in [7, 11) is 0. The zero-order valence-corrected chi connectivity index (χ0v) is 32.3. The quantitative estimate of drug-likeness (QED) is 0.109. The van der Waals surface area contributed by atoms with E-state index in [1.165, 1.54) is 0 Å². The van der Waals surface area contributed by atoms with E-state index in [4.69, 9.17) is 9.97 Å². The Hall–Kier alpha value is -4.54. The molecule has 0 amide bonds. The van der Waals surface area contributed by atoms with Crippen LogP contribution < -0.4 is 0 Å². The highest BCUT2D eigenvalue weighted by Gasteiger charge is 2.30. The van der Waals surface area contributed by atoms with Gasteiger partial charge in [0.25, 0.3) is 0 Å². The van der Waals surface area contributed by atoms with Crippen LogP contribution in [-0.4, -0.2) is 58.4 Å². The Bertz CT molecular complexity index is 2200. The van der Waals surface area contributed by atoms with E-state index >= 15 is 0 Å². The summed E-state index contributed by atoms with van der Waals surface area (Å²) in [5.41, 5.74) is 16.8. The van der Waals surface area contributed by atoms with Crippen LogP contribution in [0.2, 0.25) is 0 Å². The molecule has 0 saturated heterocycles. The van der Waals surface area contributed by atoms with Crippen LogP contribution in [-0.2, 0) is 41.7 Å². The van der Waals surface area contributed by atoms with Gasteiger partial charge in [0.2, 0.25) is 0 Å². The monoisotopic (exact) mass is 710 g/mol. The van der Waals surface area contributed by atoms with Crippen LogP contribution in [0.4, 0.5) is 0 Å². The number of nitrogens with one attached hydrogen (secondary N) is 2. The second-order valence-corrected chi connectivity index (χ2v) is 14.1. The molecule has 5 rings (SSSR count). The molecule has 3 aromatic rings. The molecule has 10 heteroatoms. The molecule has 0 fully saturated rings. The molecule has 8 bridgehead atoms. The topological polar surface area (TPSA) is 172 Å². The van der Waals surface area contributed by atoms with Crippen LogP contribution in [0.15, 0.2) is 0 Å².